The molecule has 12 rings (SSSR count). The zero-order valence-corrected chi connectivity index (χ0v) is 30.4. The average Bonchev–Trinajstić information content (AvgIpc) is 3.95. The van der Waals surface area contributed by atoms with E-state index in [2.05, 4.69) is 132 Å². The first-order valence-electron chi connectivity index (χ1n) is 19.0. The number of hydrogen-bond donors (Lipinski definition) is 0. The fourth-order valence-corrected chi connectivity index (χ4v) is 8.32. The number of furan rings is 2. The van der Waals surface area contributed by atoms with Crippen LogP contribution in [0.4, 0.5) is 0 Å². The number of aromatic nitrogens is 4. The summed E-state index contributed by atoms with van der Waals surface area (Å²) in [6, 6.07) is 62.8. The molecule has 0 N–H and O–H groups in total. The van der Waals surface area contributed by atoms with E-state index in [0.717, 1.165) is 71.8 Å². The summed E-state index contributed by atoms with van der Waals surface area (Å²) >= 11 is 0. The predicted octanol–water partition coefficient (Wildman–Crippen LogP) is 13.4. The van der Waals surface area contributed by atoms with Crippen LogP contribution >= 0.6 is 0 Å². The van der Waals surface area contributed by atoms with E-state index < -0.39 is 0 Å². The number of hydrogen-bond acceptors (Lipinski definition) is 5. The van der Waals surface area contributed by atoms with Crippen molar-refractivity contribution >= 4 is 65.7 Å². The van der Waals surface area contributed by atoms with Crippen molar-refractivity contribution < 1.29 is 8.83 Å². The van der Waals surface area contributed by atoms with E-state index in [1.807, 2.05) is 54.6 Å². The van der Waals surface area contributed by atoms with Crippen LogP contribution in [0.1, 0.15) is 0 Å². The first-order valence-corrected chi connectivity index (χ1v) is 19.0. The van der Waals surface area contributed by atoms with Crippen LogP contribution in [0.2, 0.25) is 0 Å². The van der Waals surface area contributed by atoms with Crippen LogP contribution in [0, 0.1) is 0 Å². The molecule has 6 heteroatoms. The van der Waals surface area contributed by atoms with Crippen molar-refractivity contribution in [3.63, 3.8) is 0 Å². The van der Waals surface area contributed by atoms with Crippen LogP contribution in [0.15, 0.2) is 191 Å². The highest BCUT2D eigenvalue weighted by molar-refractivity contribution is 6.11. The molecule has 6 nitrogen and oxygen atoms in total. The fraction of sp³-hybridized carbons (Fsp3) is 0. The summed E-state index contributed by atoms with van der Waals surface area (Å²) in [5.74, 6) is 1.71. The third-order valence-corrected chi connectivity index (χ3v) is 11.1. The Morgan fingerprint density at radius 2 is 0.772 bits per heavy atom. The van der Waals surface area contributed by atoms with Gasteiger partial charge in [0, 0.05) is 54.7 Å². The predicted molar refractivity (Wildman–Crippen MR) is 230 cm³/mol. The molecule has 0 saturated carbocycles. The minimum atomic E-state index is 0.560. The van der Waals surface area contributed by atoms with Crippen LogP contribution < -0.4 is 0 Å². The minimum Gasteiger partial charge on any atom is -0.456 e. The maximum Gasteiger partial charge on any atom is 0.164 e. The Balaban J connectivity index is 0.972. The van der Waals surface area contributed by atoms with E-state index in [1.54, 1.807) is 0 Å². The summed E-state index contributed by atoms with van der Waals surface area (Å²) in [7, 11) is 0. The van der Waals surface area contributed by atoms with Gasteiger partial charge < -0.3 is 13.4 Å². The maximum absolute atomic E-state index is 6.51. The molecule has 0 aliphatic rings. The lowest BCUT2D eigenvalue weighted by Crippen LogP contribution is -2.00. The van der Waals surface area contributed by atoms with Gasteiger partial charge in [-0.1, -0.05) is 115 Å². The third-order valence-electron chi connectivity index (χ3n) is 11.1. The second kappa shape index (κ2) is 12.3. The lowest BCUT2D eigenvalue weighted by Gasteiger charge is -2.08. The van der Waals surface area contributed by atoms with E-state index >= 15 is 0 Å². The molecule has 0 unspecified atom stereocenters. The van der Waals surface area contributed by atoms with E-state index in [9.17, 15) is 0 Å². The lowest BCUT2D eigenvalue weighted by molar-refractivity contribution is 0.668. The fourth-order valence-electron chi connectivity index (χ4n) is 8.32. The van der Waals surface area contributed by atoms with Crippen molar-refractivity contribution in [3.8, 4) is 51.0 Å². The van der Waals surface area contributed by atoms with Crippen molar-refractivity contribution in [2.75, 3.05) is 0 Å². The zero-order valence-electron chi connectivity index (χ0n) is 30.4. The topological polar surface area (TPSA) is 69.9 Å². The second-order valence-corrected chi connectivity index (χ2v) is 14.4. The Labute approximate surface area is 325 Å². The van der Waals surface area contributed by atoms with Gasteiger partial charge in [0.05, 0.1) is 11.0 Å². The maximum atomic E-state index is 6.51. The van der Waals surface area contributed by atoms with Crippen LogP contribution in [-0.4, -0.2) is 19.5 Å². The van der Waals surface area contributed by atoms with E-state index in [0.29, 0.717) is 17.5 Å². The molecule has 57 heavy (non-hydrogen) atoms. The molecule has 12 aromatic rings. The van der Waals surface area contributed by atoms with Crippen molar-refractivity contribution in [1.82, 2.24) is 19.5 Å². The summed E-state index contributed by atoms with van der Waals surface area (Å²) in [5, 5.41) is 6.65. The number of benzene rings is 8. The van der Waals surface area contributed by atoms with Gasteiger partial charge in [0.2, 0.25) is 0 Å². The van der Waals surface area contributed by atoms with Gasteiger partial charge in [-0.3, -0.25) is 0 Å². The van der Waals surface area contributed by atoms with Crippen LogP contribution in [0.5, 0.6) is 0 Å². The number of rotatable bonds is 5. The van der Waals surface area contributed by atoms with Gasteiger partial charge >= 0.3 is 0 Å². The monoisotopic (exact) mass is 730 g/mol. The molecule has 0 radical (unpaired) electrons. The summed E-state index contributed by atoms with van der Waals surface area (Å²) in [4.78, 5) is 15.1. The summed E-state index contributed by atoms with van der Waals surface area (Å²) in [6.45, 7) is 0. The number of nitrogens with zero attached hydrogens (tertiary/aromatic N) is 4. The Morgan fingerprint density at radius 1 is 0.298 bits per heavy atom. The number of para-hydroxylation sites is 2. The SMILES string of the molecule is c1ccc(-c2ccc3oc4cc(-c5nc(-c6ccccc6)nc(-c6ccc7c(c6)oc6ccc(-n8c9ccccc9c9ccccc98)cc67)n5)ccc4c3c2)cc1. The number of fused-ring (bicyclic) bond motifs is 9. The molecule has 0 aliphatic carbocycles. The lowest BCUT2D eigenvalue weighted by atomic mass is 10.0. The molecule has 0 fully saturated rings. The Morgan fingerprint density at radius 3 is 1.37 bits per heavy atom. The first-order chi connectivity index (χ1) is 28.2. The van der Waals surface area contributed by atoms with Crippen molar-refractivity contribution in [2.45, 2.75) is 0 Å². The summed E-state index contributed by atoms with van der Waals surface area (Å²) in [6.07, 6.45) is 0. The van der Waals surface area contributed by atoms with Gasteiger partial charge in [-0.05, 0) is 77.9 Å². The molecular weight excluding hydrogens is 701 g/mol. The van der Waals surface area contributed by atoms with Gasteiger partial charge in [0.1, 0.15) is 22.3 Å². The van der Waals surface area contributed by atoms with E-state index in [-0.39, 0.29) is 0 Å². The van der Waals surface area contributed by atoms with Gasteiger partial charge in [-0.25, -0.2) is 15.0 Å². The smallest absolute Gasteiger partial charge is 0.164 e. The van der Waals surface area contributed by atoms with Gasteiger partial charge in [0.25, 0.3) is 0 Å². The molecule has 0 atom stereocenters. The highest BCUT2D eigenvalue weighted by Crippen LogP contribution is 2.38. The van der Waals surface area contributed by atoms with Gasteiger partial charge in [-0.15, -0.1) is 0 Å². The first kappa shape index (κ1) is 31.5. The summed E-state index contributed by atoms with van der Waals surface area (Å²) < 4.78 is 15.2. The molecule has 4 heterocycles. The normalized spacial score (nSPS) is 11.9. The van der Waals surface area contributed by atoms with Crippen LogP contribution in [0.25, 0.3) is 117 Å². The van der Waals surface area contributed by atoms with Crippen LogP contribution in [-0.2, 0) is 0 Å². The standard InChI is InChI=1S/C51H30N4O2/c1-3-11-31(12-4-1)33-21-25-45-41(27-33)39-23-19-34(28-47(39)56-45)50-52-49(32-13-5-2-6-14-32)53-51(54-50)35-20-24-40-42-30-36(22-26-46(42)57-48(40)29-35)55-43-17-9-7-15-37(43)38-16-8-10-18-44(38)55/h1-30H. The average molecular weight is 731 g/mol. The minimum absolute atomic E-state index is 0.560. The van der Waals surface area contributed by atoms with Crippen LogP contribution in [0.3, 0.4) is 0 Å². The molecule has 0 aliphatic heterocycles. The molecule has 0 spiro atoms. The van der Waals surface area contributed by atoms with Crippen molar-refractivity contribution in [2.24, 2.45) is 0 Å². The van der Waals surface area contributed by atoms with Crippen molar-refractivity contribution in [1.29, 1.82) is 0 Å². The molecule has 266 valence electrons. The van der Waals surface area contributed by atoms with Gasteiger partial charge in [0.15, 0.2) is 17.5 Å². The second-order valence-electron chi connectivity index (χ2n) is 14.4. The largest absolute Gasteiger partial charge is 0.456 e. The molecule has 0 amide bonds. The zero-order chi connectivity index (χ0) is 37.5. The van der Waals surface area contributed by atoms with Crippen molar-refractivity contribution in [3.05, 3.63) is 182 Å². The molecule has 0 saturated heterocycles. The van der Waals surface area contributed by atoms with E-state index in [1.165, 1.54) is 27.4 Å². The molecular formula is C51H30N4O2. The quantitative estimate of drug-likeness (QED) is 0.176. The highest BCUT2D eigenvalue weighted by atomic mass is 16.3. The highest BCUT2D eigenvalue weighted by Gasteiger charge is 2.18. The molecule has 4 aromatic heterocycles. The third kappa shape index (κ3) is 5.08. The molecule has 8 aromatic carbocycles. The Hall–Kier alpha value is -7.83. The molecule has 0 bridgehead atoms. The van der Waals surface area contributed by atoms with Gasteiger partial charge in [-0.2, -0.15) is 0 Å². The Bertz CT molecular complexity index is 3470. The Kier molecular flexibility index (Phi) is 6.83. The van der Waals surface area contributed by atoms with E-state index in [4.69, 9.17) is 23.8 Å². The summed E-state index contributed by atoms with van der Waals surface area (Å²) in [5.41, 5.74) is 11.5.